The summed E-state index contributed by atoms with van der Waals surface area (Å²) >= 11 is 0. The highest BCUT2D eigenvalue weighted by molar-refractivity contribution is 4.79. The minimum Gasteiger partial charge on any atom is -0.0940 e. The van der Waals surface area contributed by atoms with Gasteiger partial charge in [-0.2, -0.15) is 0 Å². The zero-order valence-electron chi connectivity index (χ0n) is 9.21. The second-order valence-corrected chi connectivity index (χ2v) is 4.78. The molecule has 80 valence electrons. The number of azide groups is 1. The Morgan fingerprint density at radius 3 is 2.57 bits per heavy atom. The van der Waals surface area contributed by atoms with Gasteiger partial charge in [0.2, 0.25) is 0 Å². The van der Waals surface area contributed by atoms with E-state index in [0.29, 0.717) is 12.0 Å². The van der Waals surface area contributed by atoms with Crippen molar-refractivity contribution >= 4 is 0 Å². The summed E-state index contributed by atoms with van der Waals surface area (Å²) in [6.07, 6.45) is 10.6. The SMILES string of the molecule is CC1(CCCCCN=[N+]=[N-])CCCC1. The van der Waals surface area contributed by atoms with Crippen LogP contribution >= 0.6 is 0 Å². The fourth-order valence-electron chi connectivity index (χ4n) is 2.43. The van der Waals surface area contributed by atoms with Crippen molar-refractivity contribution in [3.8, 4) is 0 Å². The molecule has 0 N–H and O–H groups in total. The van der Waals surface area contributed by atoms with Gasteiger partial charge < -0.3 is 0 Å². The fourth-order valence-corrected chi connectivity index (χ4v) is 2.43. The summed E-state index contributed by atoms with van der Waals surface area (Å²) in [5.74, 6) is 0. The highest BCUT2D eigenvalue weighted by Gasteiger charge is 2.27. The molecule has 1 fully saturated rings. The fraction of sp³-hybridized carbons (Fsp3) is 1.00. The predicted octanol–water partition coefficient (Wildman–Crippen LogP) is 4.44. The van der Waals surface area contributed by atoms with E-state index in [1.165, 1.54) is 44.9 Å². The number of rotatable bonds is 6. The molecule has 1 rings (SSSR count). The van der Waals surface area contributed by atoms with Crippen LogP contribution in [0.1, 0.15) is 58.3 Å². The van der Waals surface area contributed by atoms with Gasteiger partial charge in [-0.05, 0) is 36.6 Å². The van der Waals surface area contributed by atoms with E-state index in [0.717, 1.165) is 6.42 Å². The third-order valence-electron chi connectivity index (χ3n) is 3.41. The third kappa shape index (κ3) is 4.01. The molecule has 3 nitrogen and oxygen atoms in total. The molecular weight excluding hydrogens is 174 g/mol. The Morgan fingerprint density at radius 2 is 1.93 bits per heavy atom. The summed E-state index contributed by atoms with van der Waals surface area (Å²) in [5, 5.41) is 3.54. The molecule has 0 amide bonds. The van der Waals surface area contributed by atoms with Gasteiger partial charge in [0.05, 0.1) is 0 Å². The smallest absolute Gasteiger partial charge is 0.0257 e. The monoisotopic (exact) mass is 195 g/mol. The van der Waals surface area contributed by atoms with Gasteiger partial charge in [-0.15, -0.1) is 0 Å². The molecule has 1 aliphatic rings. The quantitative estimate of drug-likeness (QED) is 0.260. The van der Waals surface area contributed by atoms with E-state index < -0.39 is 0 Å². The predicted molar refractivity (Wildman–Crippen MR) is 59.1 cm³/mol. The molecular formula is C11H21N3. The van der Waals surface area contributed by atoms with Gasteiger partial charge in [0.25, 0.3) is 0 Å². The van der Waals surface area contributed by atoms with E-state index in [4.69, 9.17) is 5.53 Å². The number of hydrogen-bond donors (Lipinski definition) is 0. The highest BCUT2D eigenvalue weighted by atomic mass is 15.1. The van der Waals surface area contributed by atoms with E-state index in [1.807, 2.05) is 0 Å². The van der Waals surface area contributed by atoms with Crippen molar-refractivity contribution in [2.75, 3.05) is 6.54 Å². The molecule has 0 aromatic rings. The van der Waals surface area contributed by atoms with Gasteiger partial charge in [-0.25, -0.2) is 0 Å². The molecule has 0 heterocycles. The summed E-state index contributed by atoms with van der Waals surface area (Å²) in [6, 6.07) is 0. The van der Waals surface area contributed by atoms with E-state index in [2.05, 4.69) is 16.9 Å². The Kier molecular flexibility index (Phi) is 4.81. The second kappa shape index (κ2) is 5.92. The number of unbranched alkanes of at least 4 members (excludes halogenated alkanes) is 2. The van der Waals surface area contributed by atoms with Gasteiger partial charge >= 0.3 is 0 Å². The van der Waals surface area contributed by atoms with Crippen LogP contribution in [0.25, 0.3) is 10.4 Å². The minimum atomic E-state index is 0.637. The van der Waals surface area contributed by atoms with Crippen molar-refractivity contribution in [1.29, 1.82) is 0 Å². The summed E-state index contributed by atoms with van der Waals surface area (Å²) < 4.78 is 0. The maximum Gasteiger partial charge on any atom is 0.0257 e. The lowest BCUT2D eigenvalue weighted by atomic mass is 9.83. The van der Waals surface area contributed by atoms with Crippen LogP contribution in [0, 0.1) is 5.41 Å². The average molecular weight is 195 g/mol. The molecule has 0 unspecified atom stereocenters. The van der Waals surface area contributed by atoms with Gasteiger partial charge in [0, 0.05) is 11.5 Å². The van der Waals surface area contributed by atoms with Crippen molar-refractivity contribution < 1.29 is 0 Å². The molecule has 0 aromatic carbocycles. The molecule has 14 heavy (non-hydrogen) atoms. The Morgan fingerprint density at radius 1 is 1.21 bits per heavy atom. The van der Waals surface area contributed by atoms with Gasteiger partial charge in [0.1, 0.15) is 0 Å². The van der Waals surface area contributed by atoms with Crippen molar-refractivity contribution in [2.45, 2.75) is 58.3 Å². The Labute approximate surface area is 86.5 Å². The molecule has 0 atom stereocenters. The Bertz CT molecular complexity index is 201. The first-order chi connectivity index (χ1) is 6.77. The van der Waals surface area contributed by atoms with E-state index in [-0.39, 0.29) is 0 Å². The molecule has 0 aromatic heterocycles. The highest BCUT2D eigenvalue weighted by Crippen LogP contribution is 2.41. The van der Waals surface area contributed by atoms with Crippen LogP contribution in [-0.4, -0.2) is 6.54 Å². The minimum absolute atomic E-state index is 0.637. The normalized spacial score (nSPS) is 19.2. The average Bonchev–Trinajstić information content (AvgIpc) is 2.59. The largest absolute Gasteiger partial charge is 0.0940 e. The summed E-state index contributed by atoms with van der Waals surface area (Å²) in [7, 11) is 0. The molecule has 0 bridgehead atoms. The Hall–Kier alpha value is -0.690. The number of hydrogen-bond acceptors (Lipinski definition) is 1. The molecule has 0 saturated heterocycles. The van der Waals surface area contributed by atoms with Crippen LogP contribution < -0.4 is 0 Å². The molecule has 1 saturated carbocycles. The van der Waals surface area contributed by atoms with Gasteiger partial charge in [-0.3, -0.25) is 0 Å². The lowest BCUT2D eigenvalue weighted by Gasteiger charge is -2.22. The first kappa shape index (κ1) is 11.4. The van der Waals surface area contributed by atoms with E-state index in [1.54, 1.807) is 0 Å². The third-order valence-corrected chi connectivity index (χ3v) is 3.41. The first-order valence-corrected chi connectivity index (χ1v) is 5.78. The molecule has 3 heteroatoms. The lowest BCUT2D eigenvalue weighted by molar-refractivity contribution is 0.295. The van der Waals surface area contributed by atoms with Crippen LogP contribution in [0.3, 0.4) is 0 Å². The van der Waals surface area contributed by atoms with Crippen molar-refractivity contribution in [1.82, 2.24) is 0 Å². The van der Waals surface area contributed by atoms with Gasteiger partial charge in [0.15, 0.2) is 0 Å². The van der Waals surface area contributed by atoms with Crippen molar-refractivity contribution in [3.63, 3.8) is 0 Å². The van der Waals surface area contributed by atoms with Crippen LogP contribution in [0.15, 0.2) is 5.11 Å². The van der Waals surface area contributed by atoms with E-state index in [9.17, 15) is 0 Å². The van der Waals surface area contributed by atoms with E-state index >= 15 is 0 Å². The lowest BCUT2D eigenvalue weighted by Crippen LogP contribution is -2.10. The second-order valence-electron chi connectivity index (χ2n) is 4.78. The van der Waals surface area contributed by atoms with Crippen molar-refractivity contribution in [3.05, 3.63) is 10.4 Å². The summed E-state index contributed by atoms with van der Waals surface area (Å²) in [4.78, 5) is 2.75. The van der Waals surface area contributed by atoms with Crippen molar-refractivity contribution in [2.24, 2.45) is 10.5 Å². The van der Waals surface area contributed by atoms with Crippen LogP contribution in [0.2, 0.25) is 0 Å². The zero-order valence-corrected chi connectivity index (χ0v) is 9.21. The molecule has 0 spiro atoms. The van der Waals surface area contributed by atoms with Gasteiger partial charge in [-0.1, -0.05) is 37.7 Å². The molecule has 0 radical (unpaired) electrons. The summed E-state index contributed by atoms with van der Waals surface area (Å²) in [6.45, 7) is 3.10. The maximum absolute atomic E-state index is 8.09. The standard InChI is InChI=1S/C11H21N3/c1-11(8-4-5-9-11)7-3-2-6-10-13-14-12/h2-10H2,1H3. The topological polar surface area (TPSA) is 48.8 Å². The zero-order chi connectivity index (χ0) is 10.3. The summed E-state index contributed by atoms with van der Waals surface area (Å²) in [5.41, 5.74) is 8.73. The first-order valence-electron chi connectivity index (χ1n) is 5.78. The maximum atomic E-state index is 8.09. The Balaban J connectivity index is 2.00. The van der Waals surface area contributed by atoms with Crippen LogP contribution in [0.4, 0.5) is 0 Å². The van der Waals surface area contributed by atoms with Crippen LogP contribution in [0.5, 0.6) is 0 Å². The number of nitrogens with zero attached hydrogens (tertiary/aromatic N) is 3. The van der Waals surface area contributed by atoms with Crippen LogP contribution in [-0.2, 0) is 0 Å². The molecule has 1 aliphatic carbocycles. The molecule has 0 aliphatic heterocycles.